The van der Waals surface area contributed by atoms with E-state index in [0.29, 0.717) is 6.61 Å². The zero-order valence-electron chi connectivity index (χ0n) is 11.0. The van der Waals surface area contributed by atoms with Gasteiger partial charge in [-0.15, -0.1) is 0 Å². The number of benzene rings is 1. The summed E-state index contributed by atoms with van der Waals surface area (Å²) in [5, 5.41) is 3.37. The van der Waals surface area contributed by atoms with Gasteiger partial charge in [0.15, 0.2) is 0 Å². The van der Waals surface area contributed by atoms with Crippen LogP contribution in [-0.2, 0) is 11.3 Å². The highest BCUT2D eigenvalue weighted by atomic mass is 16.5. The van der Waals surface area contributed by atoms with Crippen LogP contribution in [-0.4, -0.2) is 26.4 Å². The van der Waals surface area contributed by atoms with Gasteiger partial charge in [-0.05, 0) is 37.6 Å². The lowest BCUT2D eigenvalue weighted by molar-refractivity contribution is 0.0716. The molecule has 0 aliphatic heterocycles. The van der Waals surface area contributed by atoms with Gasteiger partial charge in [0.2, 0.25) is 0 Å². The minimum Gasteiger partial charge on any atom is -0.491 e. The van der Waals surface area contributed by atoms with Gasteiger partial charge in [0.1, 0.15) is 12.4 Å². The lowest BCUT2D eigenvalue weighted by atomic mass is 10.2. The van der Waals surface area contributed by atoms with Crippen molar-refractivity contribution in [1.29, 1.82) is 0 Å². The average molecular weight is 237 g/mol. The second-order valence-corrected chi connectivity index (χ2v) is 4.18. The maximum Gasteiger partial charge on any atom is 0.119 e. The summed E-state index contributed by atoms with van der Waals surface area (Å²) in [7, 11) is 1.69. The van der Waals surface area contributed by atoms with Gasteiger partial charge in [0.05, 0.1) is 6.10 Å². The Morgan fingerprint density at radius 2 is 1.94 bits per heavy atom. The summed E-state index contributed by atoms with van der Waals surface area (Å²) < 4.78 is 10.7. The van der Waals surface area contributed by atoms with E-state index in [4.69, 9.17) is 9.47 Å². The van der Waals surface area contributed by atoms with Crippen molar-refractivity contribution in [2.75, 3.05) is 20.3 Å². The first kappa shape index (κ1) is 14.0. The molecule has 1 atom stereocenters. The summed E-state index contributed by atoms with van der Waals surface area (Å²) in [5.74, 6) is 0.896. The summed E-state index contributed by atoms with van der Waals surface area (Å²) in [6.07, 6.45) is 1.29. The predicted octanol–water partition coefficient (Wildman–Crippen LogP) is 2.60. The zero-order chi connectivity index (χ0) is 12.5. The summed E-state index contributed by atoms with van der Waals surface area (Å²) in [4.78, 5) is 0. The Kier molecular flexibility index (Phi) is 6.67. The third kappa shape index (κ3) is 5.71. The third-order valence-electron chi connectivity index (χ3n) is 2.57. The molecule has 1 N–H and O–H groups in total. The van der Waals surface area contributed by atoms with E-state index in [1.165, 1.54) is 5.56 Å². The molecule has 0 amide bonds. The Morgan fingerprint density at radius 3 is 2.53 bits per heavy atom. The van der Waals surface area contributed by atoms with Gasteiger partial charge >= 0.3 is 0 Å². The Hall–Kier alpha value is -1.06. The highest BCUT2D eigenvalue weighted by molar-refractivity contribution is 5.27. The molecule has 0 aromatic heterocycles. The van der Waals surface area contributed by atoms with E-state index in [0.717, 1.165) is 25.3 Å². The van der Waals surface area contributed by atoms with Crippen LogP contribution in [0, 0.1) is 0 Å². The first-order valence-corrected chi connectivity index (χ1v) is 6.21. The van der Waals surface area contributed by atoms with Gasteiger partial charge < -0.3 is 14.8 Å². The second-order valence-electron chi connectivity index (χ2n) is 4.18. The quantitative estimate of drug-likeness (QED) is 0.705. The van der Waals surface area contributed by atoms with Crippen molar-refractivity contribution in [2.45, 2.75) is 32.9 Å². The van der Waals surface area contributed by atoms with Gasteiger partial charge in [-0.25, -0.2) is 0 Å². The fourth-order valence-electron chi connectivity index (χ4n) is 1.39. The molecule has 0 saturated carbocycles. The summed E-state index contributed by atoms with van der Waals surface area (Å²) in [5.41, 5.74) is 1.28. The number of hydrogen-bond donors (Lipinski definition) is 1. The van der Waals surface area contributed by atoms with E-state index in [1.54, 1.807) is 7.11 Å². The van der Waals surface area contributed by atoms with Crippen LogP contribution in [0.15, 0.2) is 24.3 Å². The van der Waals surface area contributed by atoms with Gasteiger partial charge in [0.25, 0.3) is 0 Å². The highest BCUT2D eigenvalue weighted by Gasteiger charge is 2.00. The van der Waals surface area contributed by atoms with E-state index in [1.807, 2.05) is 19.1 Å². The molecule has 0 bridgehead atoms. The number of methoxy groups -OCH3 is 1. The minimum absolute atomic E-state index is 0.126. The molecule has 0 fully saturated rings. The molecular formula is C14H23NO2. The van der Waals surface area contributed by atoms with Crippen molar-refractivity contribution in [3.63, 3.8) is 0 Å². The molecule has 1 unspecified atom stereocenters. The molecule has 17 heavy (non-hydrogen) atoms. The van der Waals surface area contributed by atoms with Crippen molar-refractivity contribution >= 4 is 0 Å². The molecule has 1 aromatic carbocycles. The summed E-state index contributed by atoms with van der Waals surface area (Å²) in [6, 6.07) is 8.20. The van der Waals surface area contributed by atoms with E-state index in [-0.39, 0.29) is 6.10 Å². The molecule has 96 valence electrons. The lowest BCUT2D eigenvalue weighted by Crippen LogP contribution is -2.16. The SMILES string of the molecule is CCCNCc1ccc(OCC(C)OC)cc1. The van der Waals surface area contributed by atoms with Gasteiger partial charge in [-0.1, -0.05) is 19.1 Å². The number of rotatable bonds is 8. The van der Waals surface area contributed by atoms with Crippen molar-refractivity contribution in [3.05, 3.63) is 29.8 Å². The Balaban J connectivity index is 2.34. The van der Waals surface area contributed by atoms with Crippen molar-refractivity contribution in [1.82, 2.24) is 5.32 Å². The van der Waals surface area contributed by atoms with Crippen LogP contribution >= 0.6 is 0 Å². The summed E-state index contributed by atoms with van der Waals surface area (Å²) in [6.45, 7) is 6.72. The molecule has 0 aliphatic rings. The topological polar surface area (TPSA) is 30.5 Å². The fraction of sp³-hybridized carbons (Fsp3) is 0.571. The Bertz CT molecular complexity index is 298. The zero-order valence-corrected chi connectivity index (χ0v) is 11.0. The van der Waals surface area contributed by atoms with Gasteiger partial charge in [-0.2, -0.15) is 0 Å². The van der Waals surface area contributed by atoms with E-state index in [2.05, 4.69) is 24.4 Å². The molecular weight excluding hydrogens is 214 g/mol. The van der Waals surface area contributed by atoms with E-state index >= 15 is 0 Å². The highest BCUT2D eigenvalue weighted by Crippen LogP contribution is 2.12. The maximum absolute atomic E-state index is 5.59. The smallest absolute Gasteiger partial charge is 0.119 e. The van der Waals surface area contributed by atoms with Gasteiger partial charge in [0, 0.05) is 13.7 Å². The van der Waals surface area contributed by atoms with Crippen LogP contribution < -0.4 is 10.1 Å². The van der Waals surface area contributed by atoms with Crippen molar-refractivity contribution in [2.24, 2.45) is 0 Å². The molecule has 0 radical (unpaired) electrons. The average Bonchev–Trinajstić information content (AvgIpc) is 2.37. The molecule has 1 aromatic rings. The first-order chi connectivity index (χ1) is 8.26. The second kappa shape index (κ2) is 8.09. The van der Waals surface area contributed by atoms with E-state index < -0.39 is 0 Å². The number of ether oxygens (including phenoxy) is 2. The van der Waals surface area contributed by atoms with Crippen LogP contribution in [0.4, 0.5) is 0 Å². The summed E-state index contributed by atoms with van der Waals surface area (Å²) >= 11 is 0. The van der Waals surface area contributed by atoms with Crippen molar-refractivity contribution < 1.29 is 9.47 Å². The predicted molar refractivity (Wildman–Crippen MR) is 70.4 cm³/mol. The minimum atomic E-state index is 0.126. The van der Waals surface area contributed by atoms with E-state index in [9.17, 15) is 0 Å². The fourth-order valence-corrected chi connectivity index (χ4v) is 1.39. The Labute approximate surface area is 104 Å². The number of nitrogens with one attached hydrogen (secondary N) is 1. The van der Waals surface area contributed by atoms with Crippen molar-refractivity contribution in [3.8, 4) is 5.75 Å². The van der Waals surface area contributed by atoms with Crippen LogP contribution in [0.3, 0.4) is 0 Å². The largest absolute Gasteiger partial charge is 0.491 e. The molecule has 1 rings (SSSR count). The lowest BCUT2D eigenvalue weighted by Gasteiger charge is -2.11. The standard InChI is InChI=1S/C14H23NO2/c1-4-9-15-10-13-5-7-14(8-6-13)17-11-12(2)16-3/h5-8,12,15H,4,9-11H2,1-3H3. The molecule has 0 aliphatic carbocycles. The molecule has 0 heterocycles. The molecule has 3 nitrogen and oxygen atoms in total. The Morgan fingerprint density at radius 1 is 1.24 bits per heavy atom. The molecule has 0 spiro atoms. The molecule has 0 saturated heterocycles. The van der Waals surface area contributed by atoms with Crippen LogP contribution in [0.1, 0.15) is 25.8 Å². The van der Waals surface area contributed by atoms with Crippen LogP contribution in [0.25, 0.3) is 0 Å². The third-order valence-corrected chi connectivity index (χ3v) is 2.57. The normalized spacial score (nSPS) is 12.4. The first-order valence-electron chi connectivity index (χ1n) is 6.21. The molecule has 3 heteroatoms. The van der Waals surface area contributed by atoms with Crippen LogP contribution in [0.2, 0.25) is 0 Å². The maximum atomic E-state index is 5.59. The van der Waals surface area contributed by atoms with Crippen LogP contribution in [0.5, 0.6) is 5.75 Å². The van der Waals surface area contributed by atoms with Gasteiger partial charge in [-0.3, -0.25) is 0 Å². The number of hydrogen-bond acceptors (Lipinski definition) is 3. The monoisotopic (exact) mass is 237 g/mol.